The van der Waals surface area contributed by atoms with E-state index < -0.39 is 0 Å². The van der Waals surface area contributed by atoms with Crippen molar-refractivity contribution < 1.29 is 0 Å². The summed E-state index contributed by atoms with van der Waals surface area (Å²) in [6.45, 7) is 8.06. The van der Waals surface area contributed by atoms with Gasteiger partial charge in [-0.3, -0.25) is 4.99 Å². The second-order valence-electron chi connectivity index (χ2n) is 5.82. The molecule has 0 aliphatic rings. The first-order valence-corrected chi connectivity index (χ1v) is 7.38. The van der Waals surface area contributed by atoms with Gasteiger partial charge in [0.2, 0.25) is 0 Å². The summed E-state index contributed by atoms with van der Waals surface area (Å²) in [7, 11) is 0. The lowest BCUT2D eigenvalue weighted by atomic mass is 10.1. The molecule has 0 aliphatic heterocycles. The quantitative estimate of drug-likeness (QED) is 0.662. The molecule has 0 aliphatic carbocycles. The Morgan fingerprint density at radius 1 is 1.48 bits per heavy atom. The molecule has 3 N–H and O–H groups in total. The largest absolute Gasteiger partial charge is 0.398 e. The highest BCUT2D eigenvalue weighted by atomic mass is 35.5. The molecule has 1 heterocycles. The van der Waals surface area contributed by atoms with Crippen LogP contribution in [0, 0.1) is 5.41 Å². The normalized spacial score (nSPS) is 14.6. The molecular weight excluding hydrogens is 284 g/mol. The Labute approximate surface area is 131 Å². The van der Waals surface area contributed by atoms with Gasteiger partial charge in [-0.05, 0) is 33.3 Å². The predicted octanol–water partition coefficient (Wildman–Crippen LogP) is 2.57. The first kappa shape index (κ1) is 17.4. The van der Waals surface area contributed by atoms with Crippen molar-refractivity contribution in [2.24, 2.45) is 4.99 Å². The number of unbranched alkanes of at least 4 members (excludes halogenated alkanes) is 1. The number of nitrogens with two attached hydrogens (primary N) is 1. The monoisotopic (exact) mass is 306 g/mol. The van der Waals surface area contributed by atoms with E-state index in [1.807, 2.05) is 26.8 Å². The van der Waals surface area contributed by atoms with Crippen LogP contribution in [0.3, 0.4) is 0 Å². The average molecular weight is 307 g/mol. The van der Waals surface area contributed by atoms with Crippen molar-refractivity contribution in [1.82, 2.24) is 4.98 Å². The molecule has 0 saturated carbocycles. The third kappa shape index (κ3) is 5.31. The number of nitrogens with one attached hydrogen (secondary N) is 1. The Morgan fingerprint density at radius 2 is 2.14 bits per heavy atom. The number of aliphatic imine (C=N–C) groups is 1. The van der Waals surface area contributed by atoms with Crippen LogP contribution in [-0.4, -0.2) is 23.0 Å². The zero-order valence-corrected chi connectivity index (χ0v) is 13.8. The summed E-state index contributed by atoms with van der Waals surface area (Å²) in [4.78, 5) is 8.72. The van der Waals surface area contributed by atoms with Gasteiger partial charge in [0.05, 0.1) is 10.9 Å². The molecule has 0 radical (unpaired) electrons. The van der Waals surface area contributed by atoms with Crippen molar-refractivity contribution in [2.75, 3.05) is 5.73 Å². The molecule has 1 aromatic heterocycles. The molecule has 5 heteroatoms. The van der Waals surface area contributed by atoms with Gasteiger partial charge < -0.3 is 11.1 Å². The van der Waals surface area contributed by atoms with E-state index in [4.69, 9.17) is 22.7 Å². The van der Waals surface area contributed by atoms with E-state index in [-0.39, 0.29) is 5.54 Å². The van der Waals surface area contributed by atoms with Gasteiger partial charge in [0.1, 0.15) is 5.15 Å². The average Bonchev–Trinajstić information content (AvgIpc) is 2.37. The zero-order chi connectivity index (χ0) is 16.0. The van der Waals surface area contributed by atoms with Crippen molar-refractivity contribution >= 4 is 41.4 Å². The predicted molar refractivity (Wildman–Crippen MR) is 92.7 cm³/mol. The van der Waals surface area contributed by atoms with Gasteiger partial charge in [0.15, 0.2) is 0 Å². The van der Waals surface area contributed by atoms with Crippen molar-refractivity contribution in [3.05, 3.63) is 21.8 Å². The van der Waals surface area contributed by atoms with Gasteiger partial charge in [0.25, 0.3) is 0 Å². The maximum atomic E-state index is 7.53. The second kappa shape index (κ2) is 7.36. The third-order valence-electron chi connectivity index (χ3n) is 2.72. The highest BCUT2D eigenvalue weighted by Crippen LogP contribution is 2.06. The zero-order valence-electron chi connectivity index (χ0n) is 13.1. The number of halogens is 1. The van der Waals surface area contributed by atoms with Crippen molar-refractivity contribution in [3.8, 4) is 0 Å². The van der Waals surface area contributed by atoms with Crippen LogP contribution in [0.4, 0.5) is 5.69 Å². The number of nitrogen functional groups attached to an aromatic ring is 1. The Kier molecular flexibility index (Phi) is 6.09. The molecule has 4 nitrogen and oxygen atoms in total. The lowest BCUT2D eigenvalue weighted by Gasteiger charge is -2.10. The molecule has 21 heavy (non-hydrogen) atoms. The summed E-state index contributed by atoms with van der Waals surface area (Å²) in [5.74, 6) is 0. The molecule has 0 fully saturated rings. The van der Waals surface area contributed by atoms with Gasteiger partial charge in [-0.25, -0.2) is 4.98 Å². The van der Waals surface area contributed by atoms with Crippen molar-refractivity contribution in [3.63, 3.8) is 0 Å². The number of nitrogens with zero attached hydrogens (tertiary/aromatic N) is 2. The van der Waals surface area contributed by atoms with Gasteiger partial charge in [0, 0.05) is 28.9 Å². The van der Waals surface area contributed by atoms with Crippen molar-refractivity contribution in [2.45, 2.75) is 46.1 Å². The number of hydrogen-bond donors (Lipinski definition) is 2. The molecule has 1 rings (SSSR count). The first-order chi connectivity index (χ1) is 9.78. The third-order valence-corrected chi connectivity index (χ3v) is 3.01. The summed E-state index contributed by atoms with van der Waals surface area (Å²) >= 11 is 6.21. The smallest absolute Gasteiger partial charge is 0.138 e. The second-order valence-corrected chi connectivity index (χ2v) is 6.18. The van der Waals surface area contributed by atoms with Crippen molar-refractivity contribution in [1.29, 1.82) is 5.41 Å². The maximum absolute atomic E-state index is 7.53. The van der Waals surface area contributed by atoms with Crippen LogP contribution >= 0.6 is 11.6 Å². The van der Waals surface area contributed by atoms with E-state index in [0.29, 0.717) is 21.8 Å². The summed E-state index contributed by atoms with van der Waals surface area (Å²) in [6.07, 6.45) is 6.76. The Morgan fingerprint density at radius 3 is 2.62 bits per heavy atom. The van der Waals surface area contributed by atoms with Crippen LogP contribution in [0.5, 0.6) is 0 Å². The molecule has 0 saturated heterocycles. The first-order valence-electron chi connectivity index (χ1n) is 7.00. The van der Waals surface area contributed by atoms with Crippen LogP contribution < -0.4 is 16.3 Å². The number of pyridine rings is 1. The number of hydrogen-bond acceptors (Lipinski definition) is 4. The molecule has 114 valence electrons. The summed E-state index contributed by atoms with van der Waals surface area (Å²) in [5.41, 5.74) is 6.99. The number of rotatable bonds is 4. The van der Waals surface area contributed by atoms with Crippen LogP contribution in [0.1, 0.15) is 40.5 Å². The number of aromatic nitrogens is 1. The van der Waals surface area contributed by atoms with Gasteiger partial charge in [-0.1, -0.05) is 31.0 Å². The van der Waals surface area contributed by atoms with Gasteiger partial charge in [-0.2, -0.15) is 0 Å². The van der Waals surface area contributed by atoms with E-state index in [0.717, 1.165) is 18.1 Å². The van der Waals surface area contributed by atoms with Gasteiger partial charge in [-0.15, -0.1) is 0 Å². The topological polar surface area (TPSA) is 75.1 Å². The molecule has 0 unspecified atom stereocenters. The Hall–Kier alpha value is -1.68. The van der Waals surface area contributed by atoms with E-state index in [2.05, 4.69) is 16.9 Å². The van der Waals surface area contributed by atoms with Crippen LogP contribution in [0.25, 0.3) is 11.6 Å². The maximum Gasteiger partial charge on any atom is 0.138 e. The van der Waals surface area contributed by atoms with Crippen LogP contribution in [0.2, 0.25) is 5.15 Å². The lowest BCUT2D eigenvalue weighted by Crippen LogP contribution is -2.23. The van der Waals surface area contributed by atoms with E-state index in [1.165, 1.54) is 6.21 Å². The number of anilines is 1. The Balaban J connectivity index is 3.45. The molecule has 0 spiro atoms. The standard InChI is InChI=1S/C16H23ClN4/c1-5-6-7-12-13(19)8-14(21-15(12)17)11(9-18)10-20-16(2,3)4/h7-10,18H,5-6,19H2,1-4H3/b12-7+,14-11?,18-9?,20-10?. The molecular formula is C16H23ClN4. The minimum absolute atomic E-state index is 0.210. The summed E-state index contributed by atoms with van der Waals surface area (Å²) in [6, 6.07) is 1.74. The van der Waals surface area contributed by atoms with Crippen LogP contribution in [-0.2, 0) is 0 Å². The summed E-state index contributed by atoms with van der Waals surface area (Å²) < 4.78 is 0. The SMILES string of the molecule is CCC/C=c1\c(N)cc(=C(C=N)C=NC(C)(C)C)nc1Cl. The minimum Gasteiger partial charge on any atom is -0.398 e. The molecule has 0 atom stereocenters. The van der Waals surface area contributed by atoms with Gasteiger partial charge >= 0.3 is 0 Å². The van der Waals surface area contributed by atoms with E-state index in [1.54, 1.807) is 12.3 Å². The fourth-order valence-electron chi connectivity index (χ4n) is 1.62. The van der Waals surface area contributed by atoms with E-state index >= 15 is 0 Å². The minimum atomic E-state index is -0.210. The highest BCUT2D eigenvalue weighted by Gasteiger charge is 2.06. The lowest BCUT2D eigenvalue weighted by molar-refractivity contribution is 0.587. The van der Waals surface area contributed by atoms with Crippen LogP contribution in [0.15, 0.2) is 11.1 Å². The molecule has 1 aromatic rings. The van der Waals surface area contributed by atoms with E-state index in [9.17, 15) is 0 Å². The molecule has 0 bridgehead atoms. The fourth-order valence-corrected chi connectivity index (χ4v) is 1.90. The summed E-state index contributed by atoms with van der Waals surface area (Å²) in [5, 5.41) is 9.22. The molecule has 0 aromatic carbocycles. The Bertz CT molecular complexity index is 625. The molecule has 0 amide bonds. The highest BCUT2D eigenvalue weighted by molar-refractivity contribution is 6.30. The fraction of sp³-hybridized carbons (Fsp3) is 0.438.